The van der Waals surface area contributed by atoms with Crippen LogP contribution in [0.25, 0.3) is 11.3 Å². The van der Waals surface area contributed by atoms with Crippen molar-refractivity contribution in [1.29, 1.82) is 0 Å². The summed E-state index contributed by atoms with van der Waals surface area (Å²) in [5.74, 6) is 0. The van der Waals surface area contributed by atoms with Gasteiger partial charge in [-0.2, -0.15) is 5.10 Å². The Morgan fingerprint density at radius 3 is 2.54 bits per heavy atom. The molecular weight excluding hydrogens is 350 g/mol. The van der Waals surface area contributed by atoms with E-state index in [9.17, 15) is 8.42 Å². The molecule has 0 saturated carbocycles. The minimum absolute atomic E-state index is 0.0382. The Labute approximate surface area is 145 Å². The van der Waals surface area contributed by atoms with Gasteiger partial charge in [0.15, 0.2) is 5.04 Å². The van der Waals surface area contributed by atoms with Gasteiger partial charge in [0.2, 0.25) is 9.84 Å². The van der Waals surface area contributed by atoms with Crippen molar-refractivity contribution in [2.75, 3.05) is 0 Å². The van der Waals surface area contributed by atoms with Crippen molar-refractivity contribution in [3.05, 3.63) is 41.0 Å². The van der Waals surface area contributed by atoms with Crippen LogP contribution in [0.15, 0.2) is 35.5 Å². The monoisotopic (exact) mass is 367 g/mol. The maximum absolute atomic E-state index is 12.9. The Hall–Kier alpha value is -1.86. The number of aromatic amines is 1. The highest BCUT2D eigenvalue weighted by atomic mass is 35.5. The highest BCUT2D eigenvalue weighted by molar-refractivity contribution is 8.06. The van der Waals surface area contributed by atoms with Gasteiger partial charge in [0.25, 0.3) is 0 Å². The Morgan fingerprint density at radius 1 is 1.29 bits per heavy atom. The van der Waals surface area contributed by atoms with E-state index in [0.29, 0.717) is 11.3 Å². The summed E-state index contributed by atoms with van der Waals surface area (Å²) in [7, 11) is -3.71. The third kappa shape index (κ3) is 2.93. The van der Waals surface area contributed by atoms with Crippen molar-refractivity contribution in [2.24, 2.45) is 5.16 Å². The number of sulfone groups is 1. The zero-order valence-corrected chi connectivity index (χ0v) is 15.1. The first-order chi connectivity index (χ1) is 11.2. The molecule has 0 fully saturated rings. The second-order valence-electron chi connectivity index (χ2n) is 6.37. The van der Waals surface area contributed by atoms with Crippen molar-refractivity contribution in [1.82, 2.24) is 10.2 Å². The van der Waals surface area contributed by atoms with Gasteiger partial charge in [0, 0.05) is 17.5 Å². The molecule has 1 aromatic heterocycles. The van der Waals surface area contributed by atoms with Crippen molar-refractivity contribution >= 4 is 26.5 Å². The van der Waals surface area contributed by atoms with Gasteiger partial charge in [0.05, 0.1) is 10.9 Å². The number of halogens is 1. The van der Waals surface area contributed by atoms with Gasteiger partial charge in [-0.1, -0.05) is 47.1 Å². The van der Waals surface area contributed by atoms with Gasteiger partial charge in [-0.05, 0) is 20.8 Å². The maximum atomic E-state index is 12.9. The first-order valence-corrected chi connectivity index (χ1v) is 9.43. The number of benzene rings is 1. The molecule has 0 saturated heterocycles. The summed E-state index contributed by atoms with van der Waals surface area (Å²) < 4.78 is 25.9. The number of rotatable bonds is 3. The minimum atomic E-state index is -3.71. The Bertz CT molecular complexity index is 889. The Kier molecular flexibility index (Phi) is 4.17. The molecule has 24 heavy (non-hydrogen) atoms. The quantitative estimate of drug-likeness (QED) is 0.895. The maximum Gasteiger partial charge on any atom is 0.202 e. The predicted octanol–water partition coefficient (Wildman–Crippen LogP) is 3.72. The van der Waals surface area contributed by atoms with Crippen LogP contribution in [-0.2, 0) is 14.7 Å². The molecule has 1 unspecified atom stereocenters. The minimum Gasteiger partial charge on any atom is -0.389 e. The molecule has 1 aliphatic rings. The number of nitrogens with one attached hydrogen (secondary N) is 1. The normalized spacial score (nSPS) is 18.1. The van der Waals surface area contributed by atoms with Gasteiger partial charge >= 0.3 is 0 Å². The number of nitrogens with zero attached hydrogens (tertiary/aromatic N) is 2. The third-order valence-electron chi connectivity index (χ3n) is 3.98. The standard InChI is InChI=1S/C16H18ClN3O3S/c1-10(24(21,22)12-9-16(2,3)23-20-12)13-14(18-19-15(13)17)11-7-5-4-6-8-11/h4-8,10H,9H2,1-3H3,(H,18,19). The number of oxime groups is 1. The molecular formula is C16H18ClN3O3S. The molecule has 0 spiro atoms. The van der Waals surface area contributed by atoms with Crippen LogP contribution in [0.3, 0.4) is 0 Å². The van der Waals surface area contributed by atoms with Crippen molar-refractivity contribution < 1.29 is 13.3 Å². The van der Waals surface area contributed by atoms with Gasteiger partial charge in [0.1, 0.15) is 10.8 Å². The Morgan fingerprint density at radius 2 is 1.96 bits per heavy atom. The fourth-order valence-electron chi connectivity index (χ4n) is 2.63. The smallest absolute Gasteiger partial charge is 0.202 e. The first-order valence-electron chi connectivity index (χ1n) is 7.50. The number of H-pyrrole nitrogens is 1. The van der Waals surface area contributed by atoms with E-state index in [1.807, 2.05) is 30.3 Å². The van der Waals surface area contributed by atoms with Gasteiger partial charge < -0.3 is 4.84 Å². The second kappa shape index (κ2) is 5.89. The van der Waals surface area contributed by atoms with Crippen molar-refractivity contribution in [2.45, 2.75) is 38.0 Å². The molecule has 128 valence electrons. The van der Waals surface area contributed by atoms with E-state index in [4.69, 9.17) is 16.4 Å². The van der Waals surface area contributed by atoms with Crippen molar-refractivity contribution in [3.63, 3.8) is 0 Å². The van der Waals surface area contributed by atoms with E-state index in [-0.39, 0.29) is 16.6 Å². The lowest BCUT2D eigenvalue weighted by Crippen LogP contribution is -2.25. The first kappa shape index (κ1) is 17.0. The van der Waals surface area contributed by atoms with E-state index < -0.39 is 20.7 Å². The largest absolute Gasteiger partial charge is 0.389 e. The molecule has 1 N–H and O–H groups in total. The molecule has 1 aliphatic heterocycles. The van der Waals surface area contributed by atoms with Crippen molar-refractivity contribution in [3.8, 4) is 11.3 Å². The molecule has 0 radical (unpaired) electrons. The number of hydrogen-bond donors (Lipinski definition) is 1. The fourth-order valence-corrected chi connectivity index (χ4v) is 4.63. The van der Waals surface area contributed by atoms with Crippen LogP contribution in [0.2, 0.25) is 5.15 Å². The van der Waals surface area contributed by atoms with Crippen LogP contribution in [0.4, 0.5) is 0 Å². The molecule has 3 rings (SSSR count). The molecule has 0 amide bonds. The summed E-state index contributed by atoms with van der Waals surface area (Å²) in [5.41, 5.74) is 1.14. The summed E-state index contributed by atoms with van der Waals surface area (Å²) in [4.78, 5) is 5.20. The summed E-state index contributed by atoms with van der Waals surface area (Å²) >= 11 is 6.20. The second-order valence-corrected chi connectivity index (χ2v) is 9.01. The summed E-state index contributed by atoms with van der Waals surface area (Å²) in [5, 5.41) is 9.99. The molecule has 2 aromatic rings. The average molecular weight is 368 g/mol. The summed E-state index contributed by atoms with van der Waals surface area (Å²) in [6.07, 6.45) is 0.232. The highest BCUT2D eigenvalue weighted by Gasteiger charge is 2.40. The zero-order chi connectivity index (χ0) is 17.5. The molecule has 6 nitrogen and oxygen atoms in total. The molecule has 0 aliphatic carbocycles. The van der Waals surface area contributed by atoms with Crippen LogP contribution < -0.4 is 0 Å². The van der Waals surface area contributed by atoms with E-state index >= 15 is 0 Å². The SMILES string of the molecule is CC(c1c(-c2ccccc2)n[nH]c1Cl)S(=O)(=O)C1=NOC(C)(C)C1. The molecule has 0 bridgehead atoms. The number of aromatic nitrogens is 2. The predicted molar refractivity (Wildman–Crippen MR) is 93.6 cm³/mol. The van der Waals surface area contributed by atoms with Crippen LogP contribution in [-0.4, -0.2) is 29.3 Å². The van der Waals surface area contributed by atoms with Gasteiger partial charge in [-0.25, -0.2) is 8.42 Å². The Balaban J connectivity index is 2.02. The lowest BCUT2D eigenvalue weighted by molar-refractivity contribution is 0.0123. The zero-order valence-electron chi connectivity index (χ0n) is 13.6. The average Bonchev–Trinajstić information content (AvgIpc) is 3.10. The molecule has 8 heteroatoms. The summed E-state index contributed by atoms with van der Waals surface area (Å²) in [6, 6.07) is 9.31. The van der Waals surface area contributed by atoms with E-state index in [2.05, 4.69) is 15.4 Å². The lowest BCUT2D eigenvalue weighted by Gasteiger charge is -2.15. The van der Waals surface area contributed by atoms with E-state index in [0.717, 1.165) is 5.56 Å². The third-order valence-corrected chi connectivity index (χ3v) is 6.31. The van der Waals surface area contributed by atoms with Crippen LogP contribution in [0, 0.1) is 0 Å². The van der Waals surface area contributed by atoms with E-state index in [1.54, 1.807) is 20.8 Å². The molecule has 2 heterocycles. The molecule has 1 aromatic carbocycles. The fraction of sp³-hybridized carbons (Fsp3) is 0.375. The van der Waals surface area contributed by atoms with Crippen LogP contribution >= 0.6 is 11.6 Å². The van der Waals surface area contributed by atoms with Crippen LogP contribution in [0.5, 0.6) is 0 Å². The van der Waals surface area contributed by atoms with Gasteiger partial charge in [-0.3, -0.25) is 5.10 Å². The molecule has 1 atom stereocenters. The highest BCUT2D eigenvalue weighted by Crippen LogP contribution is 2.38. The summed E-state index contributed by atoms with van der Waals surface area (Å²) in [6.45, 7) is 5.18. The van der Waals surface area contributed by atoms with Gasteiger partial charge in [-0.15, -0.1) is 0 Å². The van der Waals surface area contributed by atoms with E-state index in [1.165, 1.54) is 0 Å². The van der Waals surface area contributed by atoms with Crippen LogP contribution in [0.1, 0.15) is 38.0 Å². The topological polar surface area (TPSA) is 84.4 Å². The number of hydrogen-bond acceptors (Lipinski definition) is 5. The lowest BCUT2D eigenvalue weighted by atomic mass is 10.1.